The first-order chi connectivity index (χ1) is 18.9. The molecule has 1 fully saturated rings. The largest absolute Gasteiger partial charge is 0.492 e. The van der Waals surface area contributed by atoms with Gasteiger partial charge in [-0.3, -0.25) is 4.79 Å². The standard InChI is InChI=1S/C27H23ClFN5O5/c1-2-37-24-11-20-18(10-21(24)33-26(35)22-13-39-27(36)34-22)25(31-14-30-20)32-17-6-7-23(19(28)9-17)38-12-15-4-3-5-16(29)8-15/h3-11,14,22H,2,12-13H2,1H3,(H,33,35)(H,34,36)(H,30,31,32)/t22-/m1/s1. The van der Waals surface area contributed by atoms with E-state index >= 15 is 0 Å². The monoisotopic (exact) mass is 551 g/mol. The maximum absolute atomic E-state index is 13.4. The van der Waals surface area contributed by atoms with Gasteiger partial charge in [0.15, 0.2) is 0 Å². The Morgan fingerprint density at radius 3 is 2.77 bits per heavy atom. The number of ether oxygens (including phenoxy) is 3. The van der Waals surface area contributed by atoms with Crippen LogP contribution in [0, 0.1) is 5.82 Å². The van der Waals surface area contributed by atoms with Gasteiger partial charge in [-0.2, -0.15) is 0 Å². The number of carbonyl (C=O) groups excluding carboxylic acids is 2. The molecular weight excluding hydrogens is 529 g/mol. The summed E-state index contributed by atoms with van der Waals surface area (Å²) in [5.41, 5.74) is 2.27. The molecule has 2 heterocycles. The molecule has 0 saturated carbocycles. The van der Waals surface area contributed by atoms with Crippen molar-refractivity contribution in [1.29, 1.82) is 0 Å². The molecule has 3 aromatic carbocycles. The average Bonchev–Trinajstić information content (AvgIpc) is 3.35. The summed E-state index contributed by atoms with van der Waals surface area (Å²) >= 11 is 6.45. The van der Waals surface area contributed by atoms with Crippen LogP contribution in [0.2, 0.25) is 5.02 Å². The molecule has 0 bridgehead atoms. The number of anilines is 3. The molecule has 200 valence electrons. The van der Waals surface area contributed by atoms with Gasteiger partial charge in [0.1, 0.15) is 48.7 Å². The normalized spacial score (nSPS) is 14.4. The number of halogens is 2. The second-order valence-corrected chi connectivity index (χ2v) is 8.90. The summed E-state index contributed by atoms with van der Waals surface area (Å²) in [6.07, 6.45) is 0.755. The van der Waals surface area contributed by atoms with Gasteiger partial charge in [-0.25, -0.2) is 19.2 Å². The van der Waals surface area contributed by atoms with Gasteiger partial charge in [0, 0.05) is 17.1 Å². The number of aromatic nitrogens is 2. The van der Waals surface area contributed by atoms with Crippen molar-refractivity contribution < 1.29 is 28.2 Å². The first-order valence-corrected chi connectivity index (χ1v) is 12.4. The second kappa shape index (κ2) is 11.4. The number of hydrogen-bond donors (Lipinski definition) is 3. The Bertz CT molecular complexity index is 1550. The van der Waals surface area contributed by atoms with Crippen molar-refractivity contribution in [2.75, 3.05) is 23.8 Å². The summed E-state index contributed by atoms with van der Waals surface area (Å²) in [5, 5.41) is 9.40. The summed E-state index contributed by atoms with van der Waals surface area (Å²) in [7, 11) is 0. The molecule has 1 atom stereocenters. The molecule has 0 aliphatic carbocycles. The van der Waals surface area contributed by atoms with Gasteiger partial charge in [-0.05, 0) is 48.9 Å². The Balaban J connectivity index is 1.37. The molecule has 0 radical (unpaired) electrons. The molecule has 0 unspecified atom stereocenters. The third-order valence-electron chi connectivity index (χ3n) is 5.76. The zero-order chi connectivity index (χ0) is 27.4. The summed E-state index contributed by atoms with van der Waals surface area (Å²) in [5.74, 6) is 0.521. The fourth-order valence-corrected chi connectivity index (χ4v) is 4.16. The van der Waals surface area contributed by atoms with Gasteiger partial charge >= 0.3 is 6.09 Å². The van der Waals surface area contributed by atoms with Crippen LogP contribution in [0.15, 0.2) is 60.9 Å². The van der Waals surface area contributed by atoms with Crippen LogP contribution in [0.3, 0.4) is 0 Å². The number of rotatable bonds is 9. The number of carbonyl (C=O) groups is 2. The summed E-state index contributed by atoms with van der Waals surface area (Å²) in [4.78, 5) is 32.7. The summed E-state index contributed by atoms with van der Waals surface area (Å²) in [6, 6.07) is 13.8. The number of hydrogen-bond acceptors (Lipinski definition) is 8. The summed E-state index contributed by atoms with van der Waals surface area (Å²) in [6.45, 7) is 2.28. The molecule has 10 nitrogen and oxygen atoms in total. The molecule has 1 aromatic heterocycles. The van der Waals surface area contributed by atoms with Crippen LogP contribution in [0.25, 0.3) is 10.9 Å². The van der Waals surface area contributed by atoms with Crippen molar-refractivity contribution in [3.05, 3.63) is 77.3 Å². The Labute approximate surface area is 227 Å². The van der Waals surface area contributed by atoms with E-state index in [1.165, 1.54) is 18.5 Å². The number of cyclic esters (lactones) is 1. The molecule has 1 aliphatic heterocycles. The molecule has 1 aliphatic rings. The zero-order valence-electron chi connectivity index (χ0n) is 20.7. The SMILES string of the molecule is CCOc1cc2ncnc(Nc3ccc(OCc4cccc(F)c4)c(Cl)c3)c2cc1NC(=O)[C@H]1COC(=O)N1. The highest BCUT2D eigenvalue weighted by atomic mass is 35.5. The lowest BCUT2D eigenvalue weighted by atomic mass is 10.1. The van der Waals surface area contributed by atoms with Crippen LogP contribution in [0.1, 0.15) is 12.5 Å². The minimum atomic E-state index is -0.823. The molecule has 3 N–H and O–H groups in total. The zero-order valence-corrected chi connectivity index (χ0v) is 21.4. The number of nitrogens with zero attached hydrogens (tertiary/aromatic N) is 2. The predicted octanol–water partition coefficient (Wildman–Crippen LogP) is 5.19. The predicted molar refractivity (Wildman–Crippen MR) is 143 cm³/mol. The number of benzene rings is 3. The van der Waals surface area contributed by atoms with Crippen molar-refractivity contribution >= 4 is 51.7 Å². The Kier molecular flexibility index (Phi) is 7.60. The van der Waals surface area contributed by atoms with Gasteiger partial charge in [0.2, 0.25) is 0 Å². The lowest BCUT2D eigenvalue weighted by Crippen LogP contribution is -2.38. The summed E-state index contributed by atoms with van der Waals surface area (Å²) < 4.78 is 29.7. The van der Waals surface area contributed by atoms with Gasteiger partial charge in [-0.1, -0.05) is 23.7 Å². The van der Waals surface area contributed by atoms with E-state index in [1.54, 1.807) is 42.5 Å². The third kappa shape index (κ3) is 6.10. The van der Waals surface area contributed by atoms with Crippen molar-refractivity contribution in [3.8, 4) is 11.5 Å². The number of amides is 2. The van der Waals surface area contributed by atoms with Crippen LogP contribution in [-0.2, 0) is 16.1 Å². The van der Waals surface area contributed by atoms with E-state index in [0.29, 0.717) is 56.8 Å². The molecule has 2 amide bonds. The van der Waals surface area contributed by atoms with Crippen LogP contribution in [-0.4, -0.2) is 41.2 Å². The topological polar surface area (TPSA) is 124 Å². The lowest BCUT2D eigenvalue weighted by Gasteiger charge is -2.16. The van der Waals surface area contributed by atoms with Crippen LogP contribution < -0.4 is 25.4 Å². The van der Waals surface area contributed by atoms with E-state index in [-0.39, 0.29) is 19.0 Å². The Hall–Kier alpha value is -4.64. The van der Waals surface area contributed by atoms with Crippen LogP contribution >= 0.6 is 11.6 Å². The highest BCUT2D eigenvalue weighted by Crippen LogP contribution is 2.35. The van der Waals surface area contributed by atoms with Crippen LogP contribution in [0.5, 0.6) is 11.5 Å². The highest BCUT2D eigenvalue weighted by molar-refractivity contribution is 6.32. The van der Waals surface area contributed by atoms with Gasteiger partial charge in [0.25, 0.3) is 5.91 Å². The van der Waals surface area contributed by atoms with E-state index in [9.17, 15) is 14.0 Å². The number of nitrogens with one attached hydrogen (secondary N) is 3. The van der Waals surface area contributed by atoms with E-state index in [0.717, 1.165) is 0 Å². The smallest absolute Gasteiger partial charge is 0.407 e. The first kappa shape index (κ1) is 26.0. The minimum Gasteiger partial charge on any atom is -0.492 e. The molecular formula is C27H23ClFN5O5. The van der Waals surface area contributed by atoms with Crippen LogP contribution in [0.4, 0.5) is 26.4 Å². The molecule has 0 spiro atoms. The fourth-order valence-electron chi connectivity index (χ4n) is 3.92. The van der Waals surface area contributed by atoms with E-state index < -0.39 is 18.0 Å². The molecule has 5 rings (SSSR count). The molecule has 1 saturated heterocycles. The second-order valence-electron chi connectivity index (χ2n) is 8.49. The van der Waals surface area contributed by atoms with Gasteiger partial charge in [-0.15, -0.1) is 0 Å². The molecule has 39 heavy (non-hydrogen) atoms. The third-order valence-corrected chi connectivity index (χ3v) is 6.06. The maximum atomic E-state index is 13.4. The van der Waals surface area contributed by atoms with Crippen molar-refractivity contribution in [1.82, 2.24) is 15.3 Å². The van der Waals surface area contributed by atoms with E-state index in [4.69, 9.17) is 25.8 Å². The van der Waals surface area contributed by atoms with E-state index in [1.807, 2.05) is 6.92 Å². The average molecular weight is 552 g/mol. The van der Waals surface area contributed by atoms with E-state index in [2.05, 4.69) is 25.9 Å². The Morgan fingerprint density at radius 2 is 2.03 bits per heavy atom. The first-order valence-electron chi connectivity index (χ1n) is 12.0. The van der Waals surface area contributed by atoms with Crippen molar-refractivity contribution in [2.24, 2.45) is 0 Å². The number of fused-ring (bicyclic) bond motifs is 1. The van der Waals surface area contributed by atoms with Gasteiger partial charge < -0.3 is 30.2 Å². The highest BCUT2D eigenvalue weighted by Gasteiger charge is 2.29. The number of alkyl carbamates (subject to hydrolysis) is 1. The fraction of sp³-hybridized carbons (Fsp3) is 0.185. The Morgan fingerprint density at radius 1 is 1.15 bits per heavy atom. The van der Waals surface area contributed by atoms with Gasteiger partial charge in [0.05, 0.1) is 22.8 Å². The maximum Gasteiger partial charge on any atom is 0.407 e. The van der Waals surface area contributed by atoms with Crippen molar-refractivity contribution in [2.45, 2.75) is 19.6 Å². The lowest BCUT2D eigenvalue weighted by molar-refractivity contribution is -0.117. The quantitative estimate of drug-likeness (QED) is 0.260. The molecule has 4 aromatic rings. The minimum absolute atomic E-state index is 0.0686. The molecule has 12 heteroatoms. The van der Waals surface area contributed by atoms with Crippen molar-refractivity contribution in [3.63, 3.8) is 0 Å².